The lowest BCUT2D eigenvalue weighted by Crippen LogP contribution is -2.13. The van der Waals surface area contributed by atoms with Gasteiger partial charge in [-0.15, -0.1) is 10.2 Å². The molecule has 2 aromatic heterocycles. The summed E-state index contributed by atoms with van der Waals surface area (Å²) in [7, 11) is 0. The first-order valence-electron chi connectivity index (χ1n) is 6.78. The highest BCUT2D eigenvalue weighted by molar-refractivity contribution is 7.99. The Morgan fingerprint density at radius 1 is 1.21 bits per heavy atom. The summed E-state index contributed by atoms with van der Waals surface area (Å²) in [6.45, 7) is 0. The summed E-state index contributed by atoms with van der Waals surface area (Å²) >= 11 is 7.38. The van der Waals surface area contributed by atoms with Crippen molar-refractivity contribution in [2.45, 2.75) is 5.16 Å². The number of nitrogens with zero attached hydrogens (tertiary/aromatic N) is 5. The fraction of sp³-hybridized carbons (Fsp3) is 0.0714. The van der Waals surface area contributed by atoms with E-state index in [1.54, 1.807) is 12.1 Å². The van der Waals surface area contributed by atoms with Crippen molar-refractivity contribution in [3.05, 3.63) is 57.1 Å². The molecule has 3 aromatic rings. The number of nitro groups is 1. The van der Waals surface area contributed by atoms with Crippen LogP contribution in [0.25, 0.3) is 11.6 Å². The molecule has 0 unspecified atom stereocenters. The van der Waals surface area contributed by atoms with E-state index in [1.165, 1.54) is 28.6 Å². The summed E-state index contributed by atoms with van der Waals surface area (Å²) in [4.78, 5) is 10.2. The minimum Gasteiger partial charge on any atom is -0.397 e. The molecule has 0 bridgehead atoms. The molecule has 0 radical (unpaired) electrons. The van der Waals surface area contributed by atoms with Crippen LogP contribution in [0.4, 0.5) is 5.88 Å². The van der Waals surface area contributed by atoms with Gasteiger partial charge in [-0.2, -0.15) is 9.78 Å². The molecule has 1 aliphatic heterocycles. The zero-order valence-electron chi connectivity index (χ0n) is 11.9. The summed E-state index contributed by atoms with van der Waals surface area (Å²) in [6, 6.07) is 10.1. The molecule has 0 aliphatic carbocycles. The number of furan rings is 1. The molecule has 0 atom stereocenters. The van der Waals surface area contributed by atoms with Crippen LogP contribution in [0.5, 0.6) is 0 Å². The lowest BCUT2D eigenvalue weighted by atomic mass is 10.1. The molecule has 0 saturated carbocycles. The van der Waals surface area contributed by atoms with E-state index in [4.69, 9.17) is 16.0 Å². The zero-order chi connectivity index (χ0) is 16.7. The number of fused-ring (bicyclic) bond motifs is 1. The van der Waals surface area contributed by atoms with Crippen molar-refractivity contribution in [1.82, 2.24) is 14.9 Å². The molecule has 3 heterocycles. The molecule has 0 spiro atoms. The first-order chi connectivity index (χ1) is 11.6. The van der Waals surface area contributed by atoms with Gasteiger partial charge in [0.2, 0.25) is 11.0 Å². The third-order valence-electron chi connectivity index (χ3n) is 3.34. The number of aromatic nitrogens is 3. The quantitative estimate of drug-likeness (QED) is 0.523. The predicted molar refractivity (Wildman–Crippen MR) is 88.5 cm³/mol. The number of rotatable bonds is 3. The van der Waals surface area contributed by atoms with Gasteiger partial charge in [0.05, 0.1) is 11.8 Å². The molecular weight excluding hydrogens is 354 g/mol. The van der Waals surface area contributed by atoms with Gasteiger partial charge in [0.15, 0.2) is 5.76 Å². The molecular formula is C14H8ClN5O3S. The van der Waals surface area contributed by atoms with Crippen LogP contribution in [-0.2, 0) is 0 Å². The van der Waals surface area contributed by atoms with Crippen molar-refractivity contribution in [2.24, 2.45) is 5.10 Å². The van der Waals surface area contributed by atoms with E-state index in [-0.39, 0.29) is 11.6 Å². The SMILES string of the molecule is O=[N+]([O-])c1ccc(-c2nnc3n2N=C(c2ccc(Cl)cc2)CS3)o1. The maximum Gasteiger partial charge on any atom is 0.433 e. The van der Waals surface area contributed by atoms with E-state index >= 15 is 0 Å². The molecule has 0 fully saturated rings. The molecule has 10 heteroatoms. The Bertz CT molecular complexity index is 963. The highest BCUT2D eigenvalue weighted by Gasteiger charge is 2.24. The fourth-order valence-electron chi connectivity index (χ4n) is 2.21. The Morgan fingerprint density at radius 2 is 2.00 bits per heavy atom. The van der Waals surface area contributed by atoms with Crippen LogP contribution in [0, 0.1) is 10.1 Å². The predicted octanol–water partition coefficient (Wildman–Crippen LogP) is 3.46. The van der Waals surface area contributed by atoms with Crippen molar-refractivity contribution in [2.75, 3.05) is 5.75 Å². The van der Waals surface area contributed by atoms with Gasteiger partial charge in [-0.05, 0) is 23.8 Å². The van der Waals surface area contributed by atoms with Gasteiger partial charge in [-0.25, -0.2) is 0 Å². The van der Waals surface area contributed by atoms with Gasteiger partial charge in [-0.3, -0.25) is 10.1 Å². The van der Waals surface area contributed by atoms with E-state index in [0.717, 1.165) is 11.3 Å². The lowest BCUT2D eigenvalue weighted by molar-refractivity contribution is -0.401. The number of hydrogen-bond acceptors (Lipinski definition) is 7. The van der Waals surface area contributed by atoms with Crippen molar-refractivity contribution in [1.29, 1.82) is 0 Å². The summed E-state index contributed by atoms with van der Waals surface area (Å²) in [6.07, 6.45) is 0. The van der Waals surface area contributed by atoms with E-state index < -0.39 is 4.92 Å². The maximum absolute atomic E-state index is 10.8. The number of halogens is 1. The van der Waals surface area contributed by atoms with Gasteiger partial charge < -0.3 is 4.42 Å². The number of hydrogen-bond donors (Lipinski definition) is 0. The van der Waals surface area contributed by atoms with E-state index in [1.807, 2.05) is 12.1 Å². The molecule has 1 aliphatic rings. The van der Waals surface area contributed by atoms with Crippen LogP contribution in [-0.4, -0.2) is 31.3 Å². The highest BCUT2D eigenvalue weighted by Crippen LogP contribution is 2.30. The Morgan fingerprint density at radius 3 is 2.71 bits per heavy atom. The van der Waals surface area contributed by atoms with Gasteiger partial charge in [0, 0.05) is 10.8 Å². The summed E-state index contributed by atoms with van der Waals surface area (Å²) < 4.78 is 6.72. The average Bonchev–Trinajstić information content (AvgIpc) is 3.21. The zero-order valence-corrected chi connectivity index (χ0v) is 13.5. The van der Waals surface area contributed by atoms with E-state index in [0.29, 0.717) is 21.8 Å². The second kappa shape index (κ2) is 5.77. The van der Waals surface area contributed by atoms with E-state index in [9.17, 15) is 10.1 Å². The number of benzene rings is 1. The second-order valence-electron chi connectivity index (χ2n) is 4.86. The molecule has 4 rings (SSSR count). The maximum atomic E-state index is 10.8. The van der Waals surface area contributed by atoms with Gasteiger partial charge in [0.25, 0.3) is 0 Å². The van der Waals surface area contributed by atoms with Crippen molar-refractivity contribution in [3.8, 4) is 11.6 Å². The van der Waals surface area contributed by atoms with Crippen molar-refractivity contribution >= 4 is 35.0 Å². The monoisotopic (exact) mass is 361 g/mol. The average molecular weight is 362 g/mol. The molecule has 1 aromatic carbocycles. The van der Waals surface area contributed by atoms with Crippen LogP contribution < -0.4 is 0 Å². The Balaban J connectivity index is 1.76. The molecule has 0 amide bonds. The van der Waals surface area contributed by atoms with Crippen LogP contribution in [0.1, 0.15) is 5.56 Å². The molecule has 24 heavy (non-hydrogen) atoms. The number of thioether (sulfide) groups is 1. The van der Waals surface area contributed by atoms with Crippen LogP contribution in [0.15, 0.2) is 51.1 Å². The van der Waals surface area contributed by atoms with Crippen LogP contribution in [0.2, 0.25) is 5.02 Å². The third kappa shape index (κ3) is 2.57. The molecule has 8 nitrogen and oxygen atoms in total. The minimum atomic E-state index is -0.603. The van der Waals surface area contributed by atoms with Crippen LogP contribution in [0.3, 0.4) is 0 Å². The van der Waals surface area contributed by atoms with E-state index in [2.05, 4.69) is 15.3 Å². The fourth-order valence-corrected chi connectivity index (χ4v) is 3.18. The summed E-state index contributed by atoms with van der Waals surface area (Å²) in [5, 5.41) is 24.6. The van der Waals surface area contributed by atoms with Crippen molar-refractivity contribution in [3.63, 3.8) is 0 Å². The standard InChI is InChI=1S/C14H8ClN5O3S/c15-9-3-1-8(2-4-9)10-7-24-14-17-16-13(19(14)18-10)11-5-6-12(23-11)20(21)22/h1-6H,7H2. The molecule has 0 N–H and O–H groups in total. The Hall–Kier alpha value is -2.65. The van der Waals surface area contributed by atoms with Crippen molar-refractivity contribution < 1.29 is 9.34 Å². The highest BCUT2D eigenvalue weighted by atomic mass is 35.5. The molecule has 0 saturated heterocycles. The topological polar surface area (TPSA) is 99.3 Å². The Labute approximate surface area is 144 Å². The minimum absolute atomic E-state index is 0.238. The van der Waals surface area contributed by atoms with Gasteiger partial charge >= 0.3 is 5.88 Å². The first-order valence-corrected chi connectivity index (χ1v) is 8.15. The Kier molecular flexibility index (Phi) is 3.58. The second-order valence-corrected chi connectivity index (χ2v) is 6.23. The van der Waals surface area contributed by atoms with Gasteiger partial charge in [0.1, 0.15) is 4.92 Å². The smallest absolute Gasteiger partial charge is 0.397 e. The van der Waals surface area contributed by atoms with Gasteiger partial charge in [-0.1, -0.05) is 35.5 Å². The van der Waals surface area contributed by atoms with Crippen LogP contribution >= 0.6 is 23.4 Å². The summed E-state index contributed by atoms with van der Waals surface area (Å²) in [5.41, 5.74) is 1.76. The lowest BCUT2D eigenvalue weighted by Gasteiger charge is -2.13. The molecule has 120 valence electrons. The normalized spacial score (nSPS) is 13.5. The largest absolute Gasteiger partial charge is 0.433 e. The summed E-state index contributed by atoms with van der Waals surface area (Å²) in [5.74, 6) is 0.838. The third-order valence-corrected chi connectivity index (χ3v) is 4.52. The first kappa shape index (κ1) is 14.9.